The molecule has 1 aliphatic carbocycles. The summed E-state index contributed by atoms with van der Waals surface area (Å²) in [7, 11) is 0. The van der Waals surface area contributed by atoms with Crippen LogP contribution in [0.15, 0.2) is 47.2 Å². The van der Waals surface area contributed by atoms with E-state index in [1.807, 2.05) is 12.4 Å². The van der Waals surface area contributed by atoms with Crippen molar-refractivity contribution < 1.29 is 0 Å². The first-order valence-electron chi connectivity index (χ1n) is 8.43. The van der Waals surface area contributed by atoms with E-state index in [4.69, 9.17) is 0 Å². The maximum absolute atomic E-state index is 4.10. The van der Waals surface area contributed by atoms with Gasteiger partial charge in [-0.05, 0) is 53.8 Å². The molecular formula is C19H22BrN3. The second-order valence-corrected chi connectivity index (χ2v) is 7.48. The van der Waals surface area contributed by atoms with Crippen LogP contribution < -0.4 is 0 Å². The van der Waals surface area contributed by atoms with Crippen LogP contribution in [0.1, 0.15) is 29.2 Å². The van der Waals surface area contributed by atoms with Gasteiger partial charge in [-0.15, -0.1) is 0 Å². The summed E-state index contributed by atoms with van der Waals surface area (Å²) >= 11 is 3.60. The minimum absolute atomic E-state index is 0.626. The highest BCUT2D eigenvalue weighted by molar-refractivity contribution is 9.10. The number of aromatic nitrogens is 1. The molecule has 2 heterocycles. The van der Waals surface area contributed by atoms with Crippen LogP contribution in [-0.4, -0.2) is 41.0 Å². The smallest absolute Gasteiger partial charge is 0.0355 e. The lowest BCUT2D eigenvalue weighted by Crippen LogP contribution is -2.46. The molecule has 120 valence electrons. The van der Waals surface area contributed by atoms with Crippen molar-refractivity contribution in [2.45, 2.75) is 25.4 Å². The highest BCUT2D eigenvalue weighted by Gasteiger charge is 2.30. The Labute approximate surface area is 146 Å². The molecule has 1 unspecified atom stereocenters. The number of fused-ring (bicyclic) bond motifs is 1. The van der Waals surface area contributed by atoms with Gasteiger partial charge in [-0.3, -0.25) is 14.8 Å². The molecule has 1 aromatic carbocycles. The Hall–Kier alpha value is -1.23. The summed E-state index contributed by atoms with van der Waals surface area (Å²) in [5, 5.41) is 0. The second kappa shape index (κ2) is 6.71. The van der Waals surface area contributed by atoms with Gasteiger partial charge >= 0.3 is 0 Å². The Morgan fingerprint density at radius 2 is 1.83 bits per heavy atom. The van der Waals surface area contributed by atoms with Crippen molar-refractivity contribution in [2.24, 2.45) is 0 Å². The van der Waals surface area contributed by atoms with E-state index in [2.05, 4.69) is 61.0 Å². The van der Waals surface area contributed by atoms with Gasteiger partial charge in [0.25, 0.3) is 0 Å². The van der Waals surface area contributed by atoms with E-state index in [0.29, 0.717) is 6.04 Å². The van der Waals surface area contributed by atoms with Crippen molar-refractivity contribution in [3.05, 3.63) is 63.9 Å². The van der Waals surface area contributed by atoms with Gasteiger partial charge < -0.3 is 0 Å². The zero-order valence-corrected chi connectivity index (χ0v) is 14.9. The normalized spacial score (nSPS) is 22.2. The lowest BCUT2D eigenvalue weighted by molar-refractivity contribution is 0.0918. The third-order valence-corrected chi connectivity index (χ3v) is 5.65. The molecule has 2 aliphatic rings. The van der Waals surface area contributed by atoms with E-state index < -0.39 is 0 Å². The zero-order valence-electron chi connectivity index (χ0n) is 13.3. The number of halogens is 1. The van der Waals surface area contributed by atoms with Gasteiger partial charge in [0, 0.05) is 55.6 Å². The predicted octanol–water partition coefficient (Wildman–Crippen LogP) is 3.65. The number of piperazine rings is 1. The quantitative estimate of drug-likeness (QED) is 0.820. The minimum Gasteiger partial charge on any atom is -0.297 e. The van der Waals surface area contributed by atoms with Crippen molar-refractivity contribution in [1.82, 2.24) is 14.8 Å². The number of aryl methyl sites for hydroxylation is 1. The molecule has 0 radical (unpaired) electrons. The molecule has 1 atom stereocenters. The maximum Gasteiger partial charge on any atom is 0.0355 e. The van der Waals surface area contributed by atoms with E-state index >= 15 is 0 Å². The van der Waals surface area contributed by atoms with E-state index in [9.17, 15) is 0 Å². The van der Waals surface area contributed by atoms with Gasteiger partial charge in [-0.2, -0.15) is 0 Å². The van der Waals surface area contributed by atoms with Crippen LogP contribution in [0, 0.1) is 0 Å². The molecular weight excluding hydrogens is 350 g/mol. The number of hydrogen-bond acceptors (Lipinski definition) is 3. The van der Waals surface area contributed by atoms with Gasteiger partial charge in [0.15, 0.2) is 0 Å². The number of pyridine rings is 1. The molecule has 1 aromatic heterocycles. The van der Waals surface area contributed by atoms with Gasteiger partial charge in [-0.25, -0.2) is 0 Å². The predicted molar refractivity (Wildman–Crippen MR) is 96.3 cm³/mol. The molecule has 0 amide bonds. The zero-order chi connectivity index (χ0) is 15.6. The summed E-state index contributed by atoms with van der Waals surface area (Å²) in [6.45, 7) is 5.70. The molecule has 0 N–H and O–H groups in total. The molecule has 4 heteroatoms. The minimum atomic E-state index is 0.626. The van der Waals surface area contributed by atoms with E-state index in [-0.39, 0.29) is 0 Å². The first-order chi connectivity index (χ1) is 11.3. The van der Waals surface area contributed by atoms with Crippen LogP contribution in [0.5, 0.6) is 0 Å². The Morgan fingerprint density at radius 3 is 2.61 bits per heavy atom. The summed E-state index contributed by atoms with van der Waals surface area (Å²) in [4.78, 5) is 9.34. The fourth-order valence-electron chi connectivity index (χ4n) is 3.92. The second-order valence-electron chi connectivity index (χ2n) is 6.57. The van der Waals surface area contributed by atoms with E-state index in [1.54, 1.807) is 5.56 Å². The third kappa shape index (κ3) is 3.35. The Balaban J connectivity index is 1.37. The summed E-state index contributed by atoms with van der Waals surface area (Å²) in [5.74, 6) is 0. The average Bonchev–Trinajstić information content (AvgIpc) is 2.99. The monoisotopic (exact) mass is 371 g/mol. The molecule has 1 saturated heterocycles. The van der Waals surface area contributed by atoms with E-state index in [1.165, 1.54) is 41.5 Å². The van der Waals surface area contributed by atoms with Crippen molar-refractivity contribution in [1.29, 1.82) is 0 Å². The largest absolute Gasteiger partial charge is 0.297 e. The molecule has 3 nitrogen and oxygen atoms in total. The van der Waals surface area contributed by atoms with Gasteiger partial charge in [0.2, 0.25) is 0 Å². The van der Waals surface area contributed by atoms with Gasteiger partial charge in [-0.1, -0.05) is 22.0 Å². The molecule has 4 rings (SSSR count). The average molecular weight is 372 g/mol. The highest BCUT2D eigenvalue weighted by Crippen LogP contribution is 2.37. The number of benzene rings is 1. The number of rotatable bonds is 3. The molecule has 1 aliphatic heterocycles. The topological polar surface area (TPSA) is 19.4 Å². The van der Waals surface area contributed by atoms with Crippen molar-refractivity contribution in [2.75, 3.05) is 26.2 Å². The lowest BCUT2D eigenvalue weighted by Gasteiger charge is -2.38. The molecule has 1 fully saturated rings. The summed E-state index contributed by atoms with van der Waals surface area (Å²) in [5.41, 5.74) is 4.45. The van der Waals surface area contributed by atoms with Crippen LogP contribution in [0.4, 0.5) is 0 Å². The molecule has 23 heavy (non-hydrogen) atoms. The van der Waals surface area contributed by atoms with Gasteiger partial charge in [0.1, 0.15) is 0 Å². The van der Waals surface area contributed by atoms with Crippen LogP contribution >= 0.6 is 15.9 Å². The van der Waals surface area contributed by atoms with Gasteiger partial charge in [0.05, 0.1) is 0 Å². The van der Waals surface area contributed by atoms with Crippen LogP contribution in [0.25, 0.3) is 0 Å². The maximum atomic E-state index is 4.10. The first kappa shape index (κ1) is 15.3. The lowest BCUT2D eigenvalue weighted by atomic mass is 10.1. The molecule has 0 spiro atoms. The fraction of sp³-hybridized carbons (Fsp3) is 0.421. The number of hydrogen-bond donors (Lipinski definition) is 0. The Bertz CT molecular complexity index is 666. The summed E-state index contributed by atoms with van der Waals surface area (Å²) < 4.78 is 1.21. The van der Waals surface area contributed by atoms with Crippen LogP contribution in [-0.2, 0) is 13.0 Å². The van der Waals surface area contributed by atoms with Crippen LogP contribution in [0.2, 0.25) is 0 Å². The molecule has 0 saturated carbocycles. The fourth-order valence-corrected chi connectivity index (χ4v) is 4.33. The van der Waals surface area contributed by atoms with Crippen LogP contribution in [0.3, 0.4) is 0 Å². The molecule has 0 bridgehead atoms. The number of nitrogens with zero attached hydrogens (tertiary/aromatic N) is 3. The first-order valence-corrected chi connectivity index (χ1v) is 9.22. The summed E-state index contributed by atoms with van der Waals surface area (Å²) in [6.07, 6.45) is 6.27. The van der Waals surface area contributed by atoms with Crippen molar-refractivity contribution in [3.63, 3.8) is 0 Å². The third-order valence-electron chi connectivity index (χ3n) is 5.15. The van der Waals surface area contributed by atoms with Crippen molar-refractivity contribution >= 4 is 15.9 Å². The summed E-state index contributed by atoms with van der Waals surface area (Å²) in [6, 6.07) is 11.7. The Kier molecular flexibility index (Phi) is 4.47. The standard InChI is InChI=1S/C19H22BrN3/c20-17-2-3-18-16(13-17)1-4-19(18)23-11-9-22(10-12-23)14-15-5-7-21-8-6-15/h2-3,5-8,13,19H,1,4,9-12,14H2. The Morgan fingerprint density at radius 1 is 1.04 bits per heavy atom. The molecule has 2 aromatic rings. The highest BCUT2D eigenvalue weighted by atomic mass is 79.9. The van der Waals surface area contributed by atoms with Crippen molar-refractivity contribution in [3.8, 4) is 0 Å². The SMILES string of the molecule is Brc1ccc2c(c1)CCC2N1CCN(Cc2ccncc2)CC1. The van der Waals surface area contributed by atoms with E-state index in [0.717, 1.165) is 19.6 Å².